The molecule has 0 aliphatic carbocycles. The third-order valence-corrected chi connectivity index (χ3v) is 1.79. The van der Waals surface area contributed by atoms with E-state index in [1.807, 2.05) is 0 Å². The number of hydrogen-bond acceptors (Lipinski definition) is 5. The third kappa shape index (κ3) is 1.77. The van der Waals surface area contributed by atoms with E-state index in [2.05, 4.69) is 30.6 Å². The molecule has 4 N–H and O–H groups in total. The maximum Gasteiger partial charge on any atom is 0.203 e. The number of nitrogens with zero attached hydrogens (tertiary/aromatic N) is 4. The molecule has 0 aromatic carbocycles. The molecule has 2 aromatic heterocycles. The summed E-state index contributed by atoms with van der Waals surface area (Å²) in [5, 5.41) is 16.9. The van der Waals surface area contributed by atoms with Gasteiger partial charge in [-0.15, -0.1) is 0 Å². The molecular formula is C7H11N7. The molecule has 2 aromatic rings. The minimum Gasteiger partial charge on any atom is -0.330 e. The van der Waals surface area contributed by atoms with E-state index in [4.69, 9.17) is 5.73 Å². The number of rotatable bonds is 4. The van der Waals surface area contributed by atoms with Crippen molar-refractivity contribution < 1.29 is 0 Å². The van der Waals surface area contributed by atoms with Crippen LogP contribution in [-0.2, 0) is 6.42 Å². The van der Waals surface area contributed by atoms with Gasteiger partial charge in [0.1, 0.15) is 5.82 Å². The lowest BCUT2D eigenvalue weighted by Crippen LogP contribution is -2.01. The van der Waals surface area contributed by atoms with Crippen molar-refractivity contribution in [3.63, 3.8) is 0 Å². The van der Waals surface area contributed by atoms with Crippen LogP contribution in [0.3, 0.4) is 0 Å². The molecule has 0 fully saturated rings. The molecule has 2 heterocycles. The summed E-state index contributed by atoms with van der Waals surface area (Å²) in [6, 6.07) is 0. The number of aromatic nitrogens is 6. The first-order valence-electron chi connectivity index (χ1n) is 4.37. The van der Waals surface area contributed by atoms with E-state index in [-0.39, 0.29) is 0 Å². The van der Waals surface area contributed by atoms with Crippen molar-refractivity contribution in [2.75, 3.05) is 6.54 Å². The first-order valence-corrected chi connectivity index (χ1v) is 4.37. The quantitative estimate of drug-likeness (QED) is 0.605. The normalized spacial score (nSPS) is 10.6. The van der Waals surface area contributed by atoms with E-state index in [9.17, 15) is 0 Å². The lowest BCUT2D eigenvalue weighted by atomic mass is 10.3. The summed E-state index contributed by atoms with van der Waals surface area (Å²) in [6.45, 7) is 0.653. The van der Waals surface area contributed by atoms with E-state index in [1.165, 1.54) is 0 Å². The van der Waals surface area contributed by atoms with Gasteiger partial charge in [0.05, 0.1) is 6.20 Å². The summed E-state index contributed by atoms with van der Waals surface area (Å²) in [5.41, 5.74) is 6.03. The Bertz CT molecular complexity index is 376. The van der Waals surface area contributed by atoms with Gasteiger partial charge >= 0.3 is 0 Å². The molecule has 0 bridgehead atoms. The van der Waals surface area contributed by atoms with Gasteiger partial charge in [0, 0.05) is 6.42 Å². The molecule has 0 aliphatic heterocycles. The van der Waals surface area contributed by atoms with Gasteiger partial charge in [-0.2, -0.15) is 20.5 Å². The zero-order chi connectivity index (χ0) is 9.80. The molecule has 0 radical (unpaired) electrons. The highest BCUT2D eigenvalue weighted by atomic mass is 15.3. The fourth-order valence-corrected chi connectivity index (χ4v) is 1.10. The van der Waals surface area contributed by atoms with Crippen LogP contribution in [0.4, 0.5) is 0 Å². The second kappa shape index (κ2) is 3.97. The Hall–Kier alpha value is -1.76. The first kappa shape index (κ1) is 8.82. The van der Waals surface area contributed by atoms with Crippen molar-refractivity contribution in [2.45, 2.75) is 12.8 Å². The molecule has 0 amide bonds. The van der Waals surface area contributed by atoms with Gasteiger partial charge in [-0.25, -0.2) is 4.98 Å². The molecule has 74 valence electrons. The average Bonchev–Trinajstić information content (AvgIpc) is 2.85. The molecular weight excluding hydrogens is 182 g/mol. The number of nitrogens with two attached hydrogens (primary N) is 1. The van der Waals surface area contributed by atoms with E-state index in [0.717, 1.165) is 18.7 Å². The van der Waals surface area contributed by atoms with Gasteiger partial charge in [0.25, 0.3) is 0 Å². The Morgan fingerprint density at radius 1 is 1.36 bits per heavy atom. The lowest BCUT2D eigenvalue weighted by Gasteiger charge is -1.90. The summed E-state index contributed by atoms with van der Waals surface area (Å²) >= 11 is 0. The van der Waals surface area contributed by atoms with Crippen LogP contribution in [0.25, 0.3) is 11.5 Å². The zero-order valence-electron chi connectivity index (χ0n) is 7.56. The number of nitrogens with one attached hydrogen (secondary N) is 2. The monoisotopic (exact) mass is 193 g/mol. The van der Waals surface area contributed by atoms with E-state index in [1.54, 1.807) is 6.20 Å². The highest BCUT2D eigenvalue weighted by Gasteiger charge is 2.07. The Morgan fingerprint density at radius 2 is 2.29 bits per heavy atom. The number of aryl methyl sites for hydroxylation is 1. The van der Waals surface area contributed by atoms with E-state index < -0.39 is 0 Å². The van der Waals surface area contributed by atoms with Crippen molar-refractivity contribution in [3.8, 4) is 11.5 Å². The van der Waals surface area contributed by atoms with Crippen LogP contribution in [0.5, 0.6) is 0 Å². The number of aromatic amines is 2. The van der Waals surface area contributed by atoms with Crippen LogP contribution in [-0.4, -0.2) is 37.1 Å². The molecule has 0 atom stereocenters. The average molecular weight is 193 g/mol. The summed E-state index contributed by atoms with van der Waals surface area (Å²) in [4.78, 5) is 4.25. The minimum atomic E-state index is 0.561. The van der Waals surface area contributed by atoms with E-state index >= 15 is 0 Å². The van der Waals surface area contributed by atoms with Gasteiger partial charge in [0.15, 0.2) is 5.69 Å². The second-order valence-electron chi connectivity index (χ2n) is 2.85. The van der Waals surface area contributed by atoms with Crippen LogP contribution < -0.4 is 5.73 Å². The van der Waals surface area contributed by atoms with Gasteiger partial charge in [0.2, 0.25) is 5.82 Å². The highest BCUT2D eigenvalue weighted by molar-refractivity contribution is 5.45. The molecule has 0 spiro atoms. The molecule has 7 heteroatoms. The van der Waals surface area contributed by atoms with Gasteiger partial charge < -0.3 is 5.73 Å². The minimum absolute atomic E-state index is 0.561. The fourth-order valence-electron chi connectivity index (χ4n) is 1.10. The molecule has 0 aliphatic rings. The van der Waals surface area contributed by atoms with Crippen LogP contribution >= 0.6 is 0 Å². The SMILES string of the molecule is NCCCc1nc(-c2cn[nH]n2)n[nH]1. The molecule has 0 saturated carbocycles. The molecule has 0 saturated heterocycles. The Kier molecular flexibility index (Phi) is 2.50. The summed E-state index contributed by atoms with van der Waals surface area (Å²) in [5.74, 6) is 1.39. The van der Waals surface area contributed by atoms with Crippen molar-refractivity contribution in [1.29, 1.82) is 0 Å². The molecule has 14 heavy (non-hydrogen) atoms. The molecule has 2 rings (SSSR count). The van der Waals surface area contributed by atoms with Gasteiger partial charge in [-0.3, -0.25) is 5.10 Å². The summed E-state index contributed by atoms with van der Waals surface area (Å²) in [7, 11) is 0. The molecule has 7 nitrogen and oxygen atoms in total. The topological polar surface area (TPSA) is 109 Å². The smallest absolute Gasteiger partial charge is 0.203 e. The Balaban J connectivity index is 2.10. The summed E-state index contributed by atoms with van der Waals surface area (Å²) in [6.07, 6.45) is 3.28. The largest absolute Gasteiger partial charge is 0.330 e. The zero-order valence-corrected chi connectivity index (χ0v) is 7.56. The lowest BCUT2D eigenvalue weighted by molar-refractivity contribution is 0.785. The fraction of sp³-hybridized carbons (Fsp3) is 0.429. The number of H-pyrrole nitrogens is 2. The van der Waals surface area contributed by atoms with Crippen LogP contribution in [0.2, 0.25) is 0 Å². The van der Waals surface area contributed by atoms with Crippen LogP contribution in [0.1, 0.15) is 12.2 Å². The van der Waals surface area contributed by atoms with Crippen molar-refractivity contribution in [2.24, 2.45) is 5.73 Å². The van der Waals surface area contributed by atoms with Gasteiger partial charge in [-0.05, 0) is 13.0 Å². The Labute approximate surface area is 80.1 Å². The summed E-state index contributed by atoms with van der Waals surface area (Å²) < 4.78 is 0. The van der Waals surface area contributed by atoms with Gasteiger partial charge in [-0.1, -0.05) is 0 Å². The predicted molar refractivity (Wildman–Crippen MR) is 49.1 cm³/mol. The maximum absolute atomic E-state index is 5.39. The van der Waals surface area contributed by atoms with E-state index in [0.29, 0.717) is 18.1 Å². The van der Waals surface area contributed by atoms with Crippen molar-refractivity contribution in [3.05, 3.63) is 12.0 Å². The predicted octanol–water partition coefficient (Wildman–Crippen LogP) is -0.519. The second-order valence-corrected chi connectivity index (χ2v) is 2.85. The van der Waals surface area contributed by atoms with Crippen molar-refractivity contribution in [1.82, 2.24) is 30.6 Å². The van der Waals surface area contributed by atoms with Crippen molar-refractivity contribution >= 4 is 0 Å². The number of hydrogen-bond donors (Lipinski definition) is 3. The Morgan fingerprint density at radius 3 is 3.00 bits per heavy atom. The first-order chi connectivity index (χ1) is 6.90. The highest BCUT2D eigenvalue weighted by Crippen LogP contribution is 2.08. The van der Waals surface area contributed by atoms with Crippen LogP contribution in [0.15, 0.2) is 6.20 Å². The standard InChI is InChI=1S/C7H11N7/c8-3-1-2-6-10-7(13-12-6)5-4-9-14-11-5/h4H,1-3,8H2,(H,9,11,14)(H,10,12,13). The third-order valence-electron chi connectivity index (χ3n) is 1.79. The maximum atomic E-state index is 5.39. The van der Waals surface area contributed by atoms with Crippen LogP contribution in [0, 0.1) is 0 Å². The molecule has 0 unspecified atom stereocenters.